The maximum absolute atomic E-state index is 9.16. The Balaban J connectivity index is 1.85. The first-order chi connectivity index (χ1) is 12.6. The van der Waals surface area contributed by atoms with Crippen molar-refractivity contribution >= 4 is 0 Å². The van der Waals surface area contributed by atoms with E-state index in [1.54, 1.807) is 0 Å². The Labute approximate surface area is 158 Å². The van der Waals surface area contributed by atoms with Crippen molar-refractivity contribution in [2.45, 2.75) is 39.5 Å². The fourth-order valence-corrected chi connectivity index (χ4v) is 3.05. The molecule has 2 aromatic rings. The van der Waals surface area contributed by atoms with Crippen LogP contribution in [0.1, 0.15) is 49.3 Å². The lowest BCUT2D eigenvalue weighted by Crippen LogP contribution is -2.32. The average Bonchev–Trinajstić information content (AvgIpc) is 2.66. The number of hydrogen-bond donors (Lipinski definition) is 1. The van der Waals surface area contributed by atoms with E-state index < -0.39 is 0 Å². The van der Waals surface area contributed by atoms with Gasteiger partial charge in [0.25, 0.3) is 0 Å². The second-order valence-electron chi connectivity index (χ2n) is 6.97. The number of aliphatic hydroxyl groups is 1. The maximum atomic E-state index is 9.16. The topological polar surface area (TPSA) is 32.7 Å². The van der Waals surface area contributed by atoms with Crippen LogP contribution in [0, 0.1) is 6.92 Å². The lowest BCUT2D eigenvalue weighted by Gasteiger charge is -2.21. The summed E-state index contributed by atoms with van der Waals surface area (Å²) in [5.74, 6) is 1.28. The largest absolute Gasteiger partial charge is 0.492 e. The van der Waals surface area contributed by atoms with Gasteiger partial charge >= 0.3 is 0 Å². The fraction of sp³-hybridized carbons (Fsp3) is 0.478. The molecule has 0 fully saturated rings. The molecule has 0 aromatic heterocycles. The van der Waals surface area contributed by atoms with Crippen LogP contribution in [0.2, 0.25) is 0 Å². The lowest BCUT2D eigenvalue weighted by atomic mass is 9.93. The van der Waals surface area contributed by atoms with Gasteiger partial charge in [0, 0.05) is 19.0 Å². The van der Waals surface area contributed by atoms with Crippen LogP contribution in [-0.2, 0) is 0 Å². The summed E-state index contributed by atoms with van der Waals surface area (Å²) in [6.07, 6.45) is 2.33. The van der Waals surface area contributed by atoms with Gasteiger partial charge in [-0.2, -0.15) is 0 Å². The summed E-state index contributed by atoms with van der Waals surface area (Å²) in [7, 11) is 0. The zero-order valence-electron chi connectivity index (χ0n) is 16.4. The molecule has 1 atom stereocenters. The molecule has 2 aromatic carbocycles. The number of nitrogens with zero attached hydrogens (tertiary/aromatic N) is 1. The molecular formula is C23H33NO2. The Morgan fingerprint density at radius 3 is 2.12 bits per heavy atom. The first-order valence-electron chi connectivity index (χ1n) is 9.76. The van der Waals surface area contributed by atoms with Crippen molar-refractivity contribution in [3.05, 3.63) is 65.2 Å². The average molecular weight is 356 g/mol. The van der Waals surface area contributed by atoms with Crippen LogP contribution < -0.4 is 4.74 Å². The highest BCUT2D eigenvalue weighted by Gasteiger charge is 2.09. The van der Waals surface area contributed by atoms with Crippen molar-refractivity contribution in [3.63, 3.8) is 0 Å². The van der Waals surface area contributed by atoms with Crippen molar-refractivity contribution in [3.8, 4) is 5.75 Å². The number of benzene rings is 2. The van der Waals surface area contributed by atoms with E-state index in [-0.39, 0.29) is 6.61 Å². The molecule has 3 heteroatoms. The smallest absolute Gasteiger partial charge is 0.119 e. The second-order valence-corrected chi connectivity index (χ2v) is 6.97. The molecule has 0 bridgehead atoms. The Morgan fingerprint density at radius 1 is 0.923 bits per heavy atom. The fourth-order valence-electron chi connectivity index (χ4n) is 3.05. The molecule has 0 heterocycles. The van der Waals surface area contributed by atoms with Gasteiger partial charge in [-0.1, -0.05) is 62.2 Å². The summed E-state index contributed by atoms with van der Waals surface area (Å²) >= 11 is 0. The number of aryl methyl sites for hydroxylation is 1. The Bertz CT molecular complexity index is 622. The summed E-state index contributed by atoms with van der Waals surface area (Å²) in [5, 5.41) is 9.16. The molecule has 0 spiro atoms. The summed E-state index contributed by atoms with van der Waals surface area (Å²) < 4.78 is 5.90. The molecule has 3 nitrogen and oxygen atoms in total. The van der Waals surface area contributed by atoms with Crippen molar-refractivity contribution in [2.75, 3.05) is 32.8 Å². The predicted octanol–water partition coefficient (Wildman–Crippen LogP) is 4.62. The molecule has 0 aliphatic carbocycles. The van der Waals surface area contributed by atoms with Crippen LogP contribution in [-0.4, -0.2) is 42.9 Å². The van der Waals surface area contributed by atoms with E-state index in [0.717, 1.165) is 31.8 Å². The van der Waals surface area contributed by atoms with E-state index in [0.29, 0.717) is 12.5 Å². The maximum Gasteiger partial charge on any atom is 0.119 e. The minimum atomic E-state index is 0.204. The molecule has 1 N–H and O–H groups in total. The first kappa shape index (κ1) is 20.5. The number of rotatable bonds is 11. The zero-order chi connectivity index (χ0) is 18.8. The quantitative estimate of drug-likeness (QED) is 0.638. The van der Waals surface area contributed by atoms with E-state index in [1.807, 2.05) is 0 Å². The Hall–Kier alpha value is -1.84. The lowest BCUT2D eigenvalue weighted by molar-refractivity contribution is 0.167. The molecule has 2 rings (SSSR count). The van der Waals surface area contributed by atoms with Crippen LogP contribution in [0.25, 0.3) is 0 Å². The highest BCUT2D eigenvalue weighted by atomic mass is 16.5. The number of hydrogen-bond acceptors (Lipinski definition) is 3. The second kappa shape index (κ2) is 11.0. The molecule has 1 unspecified atom stereocenters. The Kier molecular flexibility index (Phi) is 8.66. The number of unbranched alkanes of at least 4 members (excludes halogenated alkanes) is 1. The van der Waals surface area contributed by atoms with Crippen LogP contribution >= 0.6 is 0 Å². The molecule has 0 radical (unpaired) electrons. The van der Waals surface area contributed by atoms with Gasteiger partial charge in [-0.15, -0.1) is 0 Å². The minimum absolute atomic E-state index is 0.204. The predicted molar refractivity (Wildman–Crippen MR) is 109 cm³/mol. The molecule has 26 heavy (non-hydrogen) atoms. The summed E-state index contributed by atoms with van der Waals surface area (Å²) in [5.41, 5.74) is 3.92. The minimum Gasteiger partial charge on any atom is -0.492 e. The summed E-state index contributed by atoms with van der Waals surface area (Å²) in [6.45, 7) is 9.98. The molecule has 0 aliphatic rings. The molecule has 142 valence electrons. The number of aliphatic hydroxyl groups excluding tert-OH is 1. The van der Waals surface area contributed by atoms with Crippen molar-refractivity contribution in [1.29, 1.82) is 0 Å². The van der Waals surface area contributed by atoms with E-state index in [1.165, 1.54) is 23.1 Å². The third-order valence-electron chi connectivity index (χ3n) is 4.88. The normalized spacial score (nSPS) is 12.3. The third-order valence-corrected chi connectivity index (χ3v) is 4.88. The van der Waals surface area contributed by atoms with Crippen LogP contribution in [0.5, 0.6) is 5.75 Å². The third kappa shape index (κ3) is 6.47. The van der Waals surface area contributed by atoms with E-state index in [2.05, 4.69) is 74.2 Å². The van der Waals surface area contributed by atoms with Gasteiger partial charge < -0.3 is 9.84 Å². The highest BCUT2D eigenvalue weighted by molar-refractivity contribution is 5.36. The van der Waals surface area contributed by atoms with Gasteiger partial charge in [0.05, 0.1) is 6.61 Å². The Morgan fingerprint density at radius 2 is 1.54 bits per heavy atom. The molecular weight excluding hydrogens is 322 g/mol. The van der Waals surface area contributed by atoms with Crippen molar-refractivity contribution < 1.29 is 9.84 Å². The van der Waals surface area contributed by atoms with Gasteiger partial charge in [-0.3, -0.25) is 4.90 Å². The monoisotopic (exact) mass is 355 g/mol. The first-order valence-corrected chi connectivity index (χ1v) is 9.76. The highest BCUT2D eigenvalue weighted by Crippen LogP contribution is 2.26. The van der Waals surface area contributed by atoms with E-state index >= 15 is 0 Å². The van der Waals surface area contributed by atoms with Gasteiger partial charge in [-0.05, 0) is 43.1 Å². The van der Waals surface area contributed by atoms with Crippen LogP contribution in [0.3, 0.4) is 0 Å². The zero-order valence-corrected chi connectivity index (χ0v) is 16.4. The van der Waals surface area contributed by atoms with Gasteiger partial charge in [0.2, 0.25) is 0 Å². The van der Waals surface area contributed by atoms with Gasteiger partial charge in [-0.25, -0.2) is 0 Å². The van der Waals surface area contributed by atoms with Crippen LogP contribution in [0.15, 0.2) is 48.5 Å². The number of ether oxygens (including phenoxy) is 1. The molecule has 0 aliphatic heterocycles. The van der Waals surface area contributed by atoms with E-state index in [4.69, 9.17) is 9.84 Å². The molecule has 0 saturated carbocycles. The molecule has 0 amide bonds. The molecule has 0 saturated heterocycles. The van der Waals surface area contributed by atoms with E-state index in [9.17, 15) is 0 Å². The van der Waals surface area contributed by atoms with Crippen molar-refractivity contribution in [1.82, 2.24) is 4.90 Å². The summed E-state index contributed by atoms with van der Waals surface area (Å²) in [4.78, 5) is 2.26. The SMILES string of the molecule is CCCCN(CCO)CCOc1ccc(C(C)c2ccc(C)cc2)cc1. The van der Waals surface area contributed by atoms with Gasteiger partial charge in [0.15, 0.2) is 0 Å². The van der Waals surface area contributed by atoms with Crippen molar-refractivity contribution in [2.24, 2.45) is 0 Å². The summed E-state index contributed by atoms with van der Waals surface area (Å²) in [6, 6.07) is 17.2. The standard InChI is InChI=1S/C23H33NO2/c1-4-5-14-24(15-17-25)16-18-26-23-12-10-22(11-13-23)20(3)21-8-6-19(2)7-9-21/h6-13,20,25H,4-5,14-18H2,1-3H3. The van der Waals surface area contributed by atoms with Gasteiger partial charge in [0.1, 0.15) is 12.4 Å². The van der Waals surface area contributed by atoms with Crippen LogP contribution in [0.4, 0.5) is 0 Å².